The van der Waals surface area contributed by atoms with E-state index in [4.69, 9.17) is 0 Å². The molecule has 4 heteroatoms. The molecule has 0 aliphatic carbocycles. The molecule has 3 rings (SSSR count). The topological polar surface area (TPSA) is 23.6 Å². The van der Waals surface area contributed by atoms with E-state index >= 15 is 0 Å². The van der Waals surface area contributed by atoms with Gasteiger partial charge in [0.05, 0.1) is 5.56 Å². The standard InChI is InChI=1S/C18H25FN2O/c19-17-8-2-1-7-16(17)18(22)21-12-5-6-15(9-13-21)14-20-10-3-4-11-20/h1-2,7-8,15H,3-6,9-14H2/t15-/m0/s1. The quantitative estimate of drug-likeness (QED) is 0.856. The molecule has 0 N–H and O–H groups in total. The van der Waals surface area contributed by atoms with E-state index in [2.05, 4.69) is 4.90 Å². The Labute approximate surface area is 132 Å². The van der Waals surface area contributed by atoms with Crippen molar-refractivity contribution in [3.63, 3.8) is 0 Å². The van der Waals surface area contributed by atoms with Crippen molar-refractivity contribution >= 4 is 5.91 Å². The first-order chi connectivity index (χ1) is 10.7. The molecule has 2 fully saturated rings. The number of rotatable bonds is 3. The van der Waals surface area contributed by atoms with Crippen LogP contribution in [0.3, 0.4) is 0 Å². The van der Waals surface area contributed by atoms with E-state index in [1.165, 1.54) is 45.0 Å². The Bertz CT molecular complexity index is 514. The molecule has 3 nitrogen and oxygen atoms in total. The number of halogens is 1. The maximum absolute atomic E-state index is 13.8. The molecule has 0 saturated carbocycles. The second kappa shape index (κ2) is 7.23. The van der Waals surface area contributed by atoms with Crippen molar-refractivity contribution in [3.05, 3.63) is 35.6 Å². The molecular formula is C18H25FN2O. The third-order valence-corrected chi connectivity index (χ3v) is 4.95. The van der Waals surface area contributed by atoms with Crippen molar-refractivity contribution in [1.82, 2.24) is 9.80 Å². The fourth-order valence-electron chi connectivity index (χ4n) is 3.69. The van der Waals surface area contributed by atoms with Crippen LogP contribution in [0.4, 0.5) is 4.39 Å². The van der Waals surface area contributed by atoms with Crippen molar-refractivity contribution in [3.8, 4) is 0 Å². The SMILES string of the molecule is O=C(c1ccccc1F)N1CCC[C@H](CN2CCCC2)CC1. The monoisotopic (exact) mass is 304 g/mol. The first-order valence-electron chi connectivity index (χ1n) is 8.50. The summed E-state index contributed by atoms with van der Waals surface area (Å²) in [6, 6.07) is 6.30. The smallest absolute Gasteiger partial charge is 0.256 e. The average molecular weight is 304 g/mol. The molecule has 1 aromatic rings. The van der Waals surface area contributed by atoms with Crippen LogP contribution in [0.1, 0.15) is 42.5 Å². The minimum atomic E-state index is -0.412. The van der Waals surface area contributed by atoms with Gasteiger partial charge in [0.15, 0.2) is 0 Å². The first-order valence-corrected chi connectivity index (χ1v) is 8.50. The Morgan fingerprint density at radius 1 is 1.05 bits per heavy atom. The Balaban J connectivity index is 1.57. The van der Waals surface area contributed by atoms with Crippen LogP contribution in [0.5, 0.6) is 0 Å². The van der Waals surface area contributed by atoms with E-state index in [9.17, 15) is 9.18 Å². The van der Waals surface area contributed by atoms with E-state index in [0.717, 1.165) is 25.9 Å². The zero-order valence-electron chi connectivity index (χ0n) is 13.1. The highest BCUT2D eigenvalue weighted by Crippen LogP contribution is 2.22. The van der Waals surface area contributed by atoms with E-state index < -0.39 is 5.82 Å². The van der Waals surface area contributed by atoms with Crippen LogP contribution in [0.2, 0.25) is 0 Å². The maximum atomic E-state index is 13.8. The predicted octanol–water partition coefficient (Wildman–Crippen LogP) is 3.16. The lowest BCUT2D eigenvalue weighted by atomic mass is 10.0. The first kappa shape index (κ1) is 15.5. The van der Waals surface area contributed by atoms with Crippen LogP contribution < -0.4 is 0 Å². The van der Waals surface area contributed by atoms with Crippen LogP contribution in [-0.4, -0.2) is 48.4 Å². The number of carbonyl (C=O) groups is 1. The molecule has 2 aliphatic heterocycles. The fraction of sp³-hybridized carbons (Fsp3) is 0.611. The highest BCUT2D eigenvalue weighted by atomic mass is 19.1. The van der Waals surface area contributed by atoms with Gasteiger partial charge in [0.1, 0.15) is 5.82 Å². The summed E-state index contributed by atoms with van der Waals surface area (Å²) in [5, 5.41) is 0. The molecule has 0 radical (unpaired) electrons. The fourth-order valence-corrected chi connectivity index (χ4v) is 3.69. The lowest BCUT2D eigenvalue weighted by molar-refractivity contribution is 0.0754. The molecule has 0 aromatic heterocycles. The molecular weight excluding hydrogens is 279 g/mol. The number of benzene rings is 1. The second-order valence-electron chi connectivity index (χ2n) is 6.58. The van der Waals surface area contributed by atoms with Gasteiger partial charge in [-0.15, -0.1) is 0 Å². The molecule has 1 amide bonds. The van der Waals surface area contributed by atoms with Crippen molar-refractivity contribution in [1.29, 1.82) is 0 Å². The van der Waals surface area contributed by atoms with Gasteiger partial charge in [0, 0.05) is 19.6 Å². The molecule has 0 bridgehead atoms. The van der Waals surface area contributed by atoms with Gasteiger partial charge in [-0.05, 0) is 63.2 Å². The number of hydrogen-bond donors (Lipinski definition) is 0. The van der Waals surface area contributed by atoms with Gasteiger partial charge < -0.3 is 9.80 Å². The lowest BCUT2D eigenvalue weighted by Gasteiger charge is -2.23. The van der Waals surface area contributed by atoms with Crippen LogP contribution in [0, 0.1) is 11.7 Å². The molecule has 0 spiro atoms. The summed E-state index contributed by atoms with van der Waals surface area (Å²) in [7, 11) is 0. The number of carbonyl (C=O) groups excluding carboxylic acids is 1. The minimum absolute atomic E-state index is 0.153. The number of likely N-dealkylation sites (tertiary alicyclic amines) is 2. The summed E-state index contributed by atoms with van der Waals surface area (Å²) in [5.74, 6) is 0.113. The van der Waals surface area contributed by atoms with Gasteiger partial charge in [-0.2, -0.15) is 0 Å². The predicted molar refractivity (Wildman–Crippen MR) is 85.3 cm³/mol. The largest absolute Gasteiger partial charge is 0.339 e. The average Bonchev–Trinajstić information content (AvgIpc) is 2.92. The Kier molecular flexibility index (Phi) is 5.08. The Morgan fingerprint density at radius 2 is 1.82 bits per heavy atom. The van der Waals surface area contributed by atoms with E-state index in [1.807, 2.05) is 4.90 Å². The van der Waals surface area contributed by atoms with Gasteiger partial charge in [0.2, 0.25) is 0 Å². The molecule has 1 atom stereocenters. The third-order valence-electron chi connectivity index (χ3n) is 4.95. The highest BCUT2D eigenvalue weighted by Gasteiger charge is 2.25. The maximum Gasteiger partial charge on any atom is 0.256 e. The summed E-state index contributed by atoms with van der Waals surface area (Å²) in [6.45, 7) is 5.14. The summed E-state index contributed by atoms with van der Waals surface area (Å²) in [5.41, 5.74) is 0.209. The van der Waals surface area contributed by atoms with E-state index in [1.54, 1.807) is 18.2 Å². The van der Waals surface area contributed by atoms with Crippen LogP contribution in [-0.2, 0) is 0 Å². The number of nitrogens with zero attached hydrogens (tertiary/aromatic N) is 2. The second-order valence-corrected chi connectivity index (χ2v) is 6.58. The molecule has 2 heterocycles. The van der Waals surface area contributed by atoms with Crippen molar-refractivity contribution in [2.75, 3.05) is 32.7 Å². The third kappa shape index (κ3) is 3.67. The molecule has 22 heavy (non-hydrogen) atoms. The summed E-state index contributed by atoms with van der Waals surface area (Å²) in [4.78, 5) is 16.9. The number of amides is 1. The Morgan fingerprint density at radius 3 is 2.59 bits per heavy atom. The normalized spacial score (nSPS) is 23.5. The van der Waals surface area contributed by atoms with Gasteiger partial charge in [-0.25, -0.2) is 4.39 Å². The summed E-state index contributed by atoms with van der Waals surface area (Å²) in [6.07, 6.45) is 5.89. The van der Waals surface area contributed by atoms with Gasteiger partial charge in [-0.1, -0.05) is 12.1 Å². The summed E-state index contributed by atoms with van der Waals surface area (Å²) < 4.78 is 13.8. The van der Waals surface area contributed by atoms with Crippen LogP contribution in [0.15, 0.2) is 24.3 Å². The van der Waals surface area contributed by atoms with Crippen molar-refractivity contribution in [2.45, 2.75) is 32.1 Å². The summed E-state index contributed by atoms with van der Waals surface area (Å²) >= 11 is 0. The molecule has 120 valence electrons. The lowest BCUT2D eigenvalue weighted by Crippen LogP contribution is -2.33. The molecule has 1 aromatic carbocycles. The molecule has 0 unspecified atom stereocenters. The highest BCUT2D eigenvalue weighted by molar-refractivity contribution is 5.94. The van der Waals surface area contributed by atoms with E-state index in [0.29, 0.717) is 5.92 Å². The van der Waals surface area contributed by atoms with Gasteiger partial charge in [0.25, 0.3) is 5.91 Å². The number of hydrogen-bond acceptors (Lipinski definition) is 2. The van der Waals surface area contributed by atoms with Crippen molar-refractivity contribution in [2.24, 2.45) is 5.92 Å². The zero-order valence-corrected chi connectivity index (χ0v) is 13.1. The zero-order chi connectivity index (χ0) is 15.4. The van der Waals surface area contributed by atoms with Gasteiger partial charge in [-0.3, -0.25) is 4.79 Å². The van der Waals surface area contributed by atoms with Crippen molar-refractivity contribution < 1.29 is 9.18 Å². The van der Waals surface area contributed by atoms with Gasteiger partial charge >= 0.3 is 0 Å². The Hall–Kier alpha value is -1.42. The van der Waals surface area contributed by atoms with E-state index in [-0.39, 0.29) is 11.5 Å². The minimum Gasteiger partial charge on any atom is -0.339 e. The molecule has 2 saturated heterocycles. The van der Waals surface area contributed by atoms with Crippen LogP contribution in [0.25, 0.3) is 0 Å². The molecule has 2 aliphatic rings. The van der Waals surface area contributed by atoms with Crippen LogP contribution >= 0.6 is 0 Å².